The van der Waals surface area contributed by atoms with Crippen LogP contribution >= 0.6 is 0 Å². The Hall–Kier alpha value is -0.860. The molecule has 0 saturated heterocycles. The van der Waals surface area contributed by atoms with E-state index in [2.05, 4.69) is 49.5 Å². The van der Waals surface area contributed by atoms with Crippen LogP contribution in [0.25, 0.3) is 0 Å². The monoisotopic (exact) mass is 207 g/mol. The maximum absolute atomic E-state index is 5.05. The zero-order chi connectivity index (χ0) is 11.1. The quantitative estimate of drug-likeness (QED) is 0.724. The number of nitrogens with one attached hydrogen (secondary N) is 1. The van der Waals surface area contributed by atoms with Gasteiger partial charge in [-0.05, 0) is 11.5 Å². The van der Waals surface area contributed by atoms with Gasteiger partial charge in [-0.15, -0.1) is 0 Å². The normalized spacial score (nSPS) is 13.1. The van der Waals surface area contributed by atoms with Crippen molar-refractivity contribution in [2.24, 2.45) is 5.92 Å². The lowest BCUT2D eigenvalue weighted by Crippen LogP contribution is -2.28. The van der Waals surface area contributed by atoms with Crippen LogP contribution in [-0.4, -0.2) is 20.3 Å². The van der Waals surface area contributed by atoms with Gasteiger partial charge in [0.1, 0.15) is 0 Å². The SMILES string of the molecule is COCCN[C@H](c1ccccc1)C(C)C. The van der Waals surface area contributed by atoms with Crippen molar-refractivity contribution < 1.29 is 4.74 Å². The van der Waals surface area contributed by atoms with Crippen molar-refractivity contribution in [2.45, 2.75) is 19.9 Å². The van der Waals surface area contributed by atoms with Gasteiger partial charge in [0.25, 0.3) is 0 Å². The second-order valence-electron chi connectivity index (χ2n) is 4.08. The molecule has 0 aliphatic rings. The van der Waals surface area contributed by atoms with Crippen molar-refractivity contribution in [3.05, 3.63) is 35.9 Å². The first-order chi connectivity index (χ1) is 7.25. The summed E-state index contributed by atoms with van der Waals surface area (Å²) in [6.45, 7) is 6.12. The molecule has 1 atom stereocenters. The van der Waals surface area contributed by atoms with Crippen molar-refractivity contribution in [3.8, 4) is 0 Å². The molecule has 0 saturated carbocycles. The lowest BCUT2D eigenvalue weighted by molar-refractivity contribution is 0.192. The van der Waals surface area contributed by atoms with E-state index in [4.69, 9.17) is 4.74 Å². The highest BCUT2D eigenvalue weighted by Gasteiger charge is 2.13. The van der Waals surface area contributed by atoms with E-state index in [0.29, 0.717) is 12.0 Å². The largest absolute Gasteiger partial charge is 0.383 e. The van der Waals surface area contributed by atoms with E-state index in [1.807, 2.05) is 0 Å². The first-order valence-corrected chi connectivity index (χ1v) is 5.53. The van der Waals surface area contributed by atoms with Gasteiger partial charge in [-0.2, -0.15) is 0 Å². The molecule has 0 radical (unpaired) electrons. The Morgan fingerprint density at radius 2 is 1.87 bits per heavy atom. The summed E-state index contributed by atoms with van der Waals surface area (Å²) in [4.78, 5) is 0. The summed E-state index contributed by atoms with van der Waals surface area (Å²) >= 11 is 0. The van der Waals surface area contributed by atoms with Crippen LogP contribution in [0.3, 0.4) is 0 Å². The molecule has 2 nitrogen and oxygen atoms in total. The van der Waals surface area contributed by atoms with E-state index in [9.17, 15) is 0 Å². The van der Waals surface area contributed by atoms with E-state index in [-0.39, 0.29) is 0 Å². The molecule has 0 aliphatic heterocycles. The van der Waals surface area contributed by atoms with Gasteiger partial charge in [0.2, 0.25) is 0 Å². The van der Waals surface area contributed by atoms with Crippen molar-refractivity contribution in [3.63, 3.8) is 0 Å². The Morgan fingerprint density at radius 3 is 2.40 bits per heavy atom. The molecule has 0 spiro atoms. The highest BCUT2D eigenvalue weighted by molar-refractivity contribution is 5.19. The average molecular weight is 207 g/mol. The fraction of sp³-hybridized carbons (Fsp3) is 0.538. The molecule has 15 heavy (non-hydrogen) atoms. The average Bonchev–Trinajstić information content (AvgIpc) is 2.25. The molecule has 1 N–H and O–H groups in total. The Kier molecular flexibility index (Phi) is 5.37. The third kappa shape index (κ3) is 4.02. The lowest BCUT2D eigenvalue weighted by Gasteiger charge is -2.22. The van der Waals surface area contributed by atoms with E-state index in [1.165, 1.54) is 5.56 Å². The van der Waals surface area contributed by atoms with Gasteiger partial charge in [-0.3, -0.25) is 0 Å². The van der Waals surface area contributed by atoms with Crippen LogP contribution in [0.5, 0.6) is 0 Å². The molecule has 0 aromatic heterocycles. The molecule has 1 aromatic carbocycles. The van der Waals surface area contributed by atoms with Gasteiger partial charge in [0.05, 0.1) is 6.61 Å². The number of benzene rings is 1. The molecule has 0 unspecified atom stereocenters. The highest BCUT2D eigenvalue weighted by Crippen LogP contribution is 2.20. The minimum Gasteiger partial charge on any atom is -0.383 e. The van der Waals surface area contributed by atoms with Gasteiger partial charge < -0.3 is 10.1 Å². The lowest BCUT2D eigenvalue weighted by atomic mass is 9.96. The van der Waals surface area contributed by atoms with E-state index in [1.54, 1.807) is 7.11 Å². The minimum absolute atomic E-state index is 0.418. The molecule has 1 aromatic rings. The van der Waals surface area contributed by atoms with E-state index >= 15 is 0 Å². The first-order valence-electron chi connectivity index (χ1n) is 5.53. The minimum atomic E-state index is 0.418. The summed E-state index contributed by atoms with van der Waals surface area (Å²) in [6, 6.07) is 11.0. The molecule has 0 heterocycles. The second kappa shape index (κ2) is 6.59. The molecule has 1 rings (SSSR count). The second-order valence-corrected chi connectivity index (χ2v) is 4.08. The van der Waals surface area contributed by atoms with Crippen LogP contribution < -0.4 is 5.32 Å². The highest BCUT2D eigenvalue weighted by atomic mass is 16.5. The summed E-state index contributed by atoms with van der Waals surface area (Å²) in [5.74, 6) is 0.587. The molecule has 84 valence electrons. The zero-order valence-corrected chi connectivity index (χ0v) is 9.86. The standard InChI is InChI=1S/C13H21NO/c1-11(2)13(14-9-10-15-3)12-7-5-4-6-8-12/h4-8,11,13-14H,9-10H2,1-3H3/t13-/m0/s1. The van der Waals surface area contributed by atoms with Gasteiger partial charge >= 0.3 is 0 Å². The molecule has 0 fully saturated rings. The molecule has 2 heteroatoms. The maximum Gasteiger partial charge on any atom is 0.0587 e. The summed E-state index contributed by atoms with van der Waals surface area (Å²) in [5, 5.41) is 3.51. The number of ether oxygens (including phenoxy) is 1. The zero-order valence-electron chi connectivity index (χ0n) is 9.86. The number of hydrogen-bond acceptors (Lipinski definition) is 2. The molecule has 0 amide bonds. The van der Waals surface area contributed by atoms with Crippen molar-refractivity contribution in [1.82, 2.24) is 5.32 Å². The fourth-order valence-corrected chi connectivity index (χ4v) is 1.72. The van der Waals surface area contributed by atoms with Crippen LogP contribution in [0.4, 0.5) is 0 Å². The first kappa shape index (κ1) is 12.2. The number of rotatable bonds is 6. The molecular formula is C13H21NO. The van der Waals surface area contributed by atoms with Crippen LogP contribution in [-0.2, 0) is 4.74 Å². The van der Waals surface area contributed by atoms with E-state index in [0.717, 1.165) is 13.2 Å². The summed E-state index contributed by atoms with van der Waals surface area (Å²) in [7, 11) is 1.73. The molecule has 0 aliphatic carbocycles. The van der Waals surface area contributed by atoms with Gasteiger partial charge in [0.15, 0.2) is 0 Å². The predicted molar refractivity (Wildman–Crippen MR) is 63.9 cm³/mol. The summed E-state index contributed by atoms with van der Waals surface area (Å²) in [6.07, 6.45) is 0. The molecular weight excluding hydrogens is 186 g/mol. The Morgan fingerprint density at radius 1 is 1.20 bits per heavy atom. The topological polar surface area (TPSA) is 21.3 Å². The fourth-order valence-electron chi connectivity index (χ4n) is 1.72. The van der Waals surface area contributed by atoms with Crippen LogP contribution in [0.2, 0.25) is 0 Å². The summed E-state index contributed by atoms with van der Waals surface area (Å²) in [5.41, 5.74) is 1.35. The molecule has 0 bridgehead atoms. The summed E-state index contributed by atoms with van der Waals surface area (Å²) < 4.78 is 5.05. The third-order valence-electron chi connectivity index (χ3n) is 2.50. The Bertz CT molecular complexity index is 258. The van der Waals surface area contributed by atoms with Gasteiger partial charge in [-0.1, -0.05) is 44.2 Å². The Labute approximate surface area is 92.6 Å². The van der Waals surface area contributed by atoms with Crippen molar-refractivity contribution >= 4 is 0 Å². The number of methoxy groups -OCH3 is 1. The smallest absolute Gasteiger partial charge is 0.0587 e. The maximum atomic E-state index is 5.05. The Balaban J connectivity index is 2.58. The van der Waals surface area contributed by atoms with Crippen LogP contribution in [0, 0.1) is 5.92 Å². The van der Waals surface area contributed by atoms with Crippen molar-refractivity contribution in [1.29, 1.82) is 0 Å². The predicted octanol–water partition coefficient (Wildman–Crippen LogP) is 2.62. The van der Waals surface area contributed by atoms with Crippen LogP contribution in [0.15, 0.2) is 30.3 Å². The van der Waals surface area contributed by atoms with Crippen LogP contribution in [0.1, 0.15) is 25.5 Å². The third-order valence-corrected chi connectivity index (χ3v) is 2.50. The van der Waals surface area contributed by atoms with E-state index < -0.39 is 0 Å². The number of hydrogen-bond donors (Lipinski definition) is 1. The van der Waals surface area contributed by atoms with Gasteiger partial charge in [-0.25, -0.2) is 0 Å². The van der Waals surface area contributed by atoms with Crippen molar-refractivity contribution in [2.75, 3.05) is 20.3 Å². The van der Waals surface area contributed by atoms with Gasteiger partial charge in [0, 0.05) is 19.7 Å².